The fourth-order valence-electron chi connectivity index (χ4n) is 2.03. The zero-order chi connectivity index (χ0) is 13.9. The second-order valence-corrected chi connectivity index (χ2v) is 8.67. The summed E-state index contributed by atoms with van der Waals surface area (Å²) in [6.45, 7) is 8.47. The van der Waals surface area contributed by atoms with Gasteiger partial charge in [0.1, 0.15) is 0 Å². The van der Waals surface area contributed by atoms with E-state index in [2.05, 4.69) is 27.7 Å². The first-order chi connectivity index (χ1) is 8.48. The Balaban J connectivity index is 3.19. The van der Waals surface area contributed by atoms with Crippen LogP contribution >= 0.6 is 0 Å². The van der Waals surface area contributed by atoms with Gasteiger partial charge < -0.3 is 0 Å². The van der Waals surface area contributed by atoms with Crippen LogP contribution in [0.4, 0.5) is 0 Å². The highest BCUT2D eigenvalue weighted by Gasteiger charge is 2.18. The Morgan fingerprint density at radius 2 is 1.11 bits per heavy atom. The van der Waals surface area contributed by atoms with Gasteiger partial charge in [0.25, 0.3) is 0 Å². The van der Waals surface area contributed by atoms with Crippen LogP contribution in [0, 0.1) is 0 Å². The molecule has 0 radical (unpaired) electrons. The summed E-state index contributed by atoms with van der Waals surface area (Å²) in [5.74, 6) is 0.889. The average Bonchev–Trinajstić information content (AvgIpc) is 2.30. The zero-order valence-electron chi connectivity index (χ0n) is 13.1. The Morgan fingerprint density at radius 3 is 1.50 bits per heavy atom. The van der Waals surface area contributed by atoms with E-state index in [0.717, 1.165) is 12.2 Å². The first-order valence-corrected chi connectivity index (χ1v) is 9.19. The van der Waals surface area contributed by atoms with Crippen molar-refractivity contribution >= 4 is 10.8 Å². The average molecular weight is 275 g/mol. The topological polar surface area (TPSA) is 17.1 Å². The van der Waals surface area contributed by atoms with Crippen molar-refractivity contribution in [2.45, 2.75) is 96.7 Å². The maximum Gasteiger partial charge on any atom is 0.0375 e. The van der Waals surface area contributed by atoms with E-state index in [0.29, 0.717) is 0 Å². The Hall–Kier alpha value is 0.150. The monoisotopic (exact) mass is 274 g/mol. The molecule has 0 aliphatic heterocycles. The zero-order valence-corrected chi connectivity index (χ0v) is 13.9. The Bertz CT molecular complexity index is 206. The number of hydrogen-bond donors (Lipinski definition) is 0. The minimum atomic E-state index is -0.650. The van der Waals surface area contributed by atoms with Crippen LogP contribution in [0.2, 0.25) is 0 Å². The van der Waals surface area contributed by atoms with Crippen molar-refractivity contribution in [3.8, 4) is 0 Å². The smallest absolute Gasteiger partial charge is 0.0375 e. The van der Waals surface area contributed by atoms with Gasteiger partial charge in [0.2, 0.25) is 0 Å². The molecule has 110 valence electrons. The van der Waals surface area contributed by atoms with E-state index >= 15 is 0 Å². The van der Waals surface area contributed by atoms with Gasteiger partial charge in [-0.15, -0.1) is 0 Å². The van der Waals surface area contributed by atoms with E-state index in [1.807, 2.05) is 0 Å². The number of rotatable bonds is 11. The van der Waals surface area contributed by atoms with Gasteiger partial charge in [-0.25, -0.2) is 0 Å². The van der Waals surface area contributed by atoms with Crippen LogP contribution in [-0.4, -0.2) is 14.7 Å². The summed E-state index contributed by atoms with van der Waals surface area (Å²) in [6, 6.07) is 0. The predicted octanol–water partition coefficient (Wildman–Crippen LogP) is 5.45. The molecule has 0 bridgehead atoms. The van der Waals surface area contributed by atoms with Gasteiger partial charge in [0.15, 0.2) is 0 Å². The largest absolute Gasteiger partial charge is 0.259 e. The third kappa shape index (κ3) is 11.3. The summed E-state index contributed by atoms with van der Waals surface area (Å²) < 4.78 is 11.8. The van der Waals surface area contributed by atoms with Crippen molar-refractivity contribution in [3.63, 3.8) is 0 Å². The molecule has 0 rings (SSSR count). The summed E-state index contributed by atoms with van der Waals surface area (Å²) in [5.41, 5.74) is 0. The van der Waals surface area contributed by atoms with Gasteiger partial charge in [-0.3, -0.25) is 4.21 Å². The third-order valence-electron chi connectivity index (χ3n) is 3.37. The normalized spacial score (nSPS) is 13.8. The van der Waals surface area contributed by atoms with Crippen LogP contribution in [0.1, 0.15) is 91.9 Å². The van der Waals surface area contributed by atoms with E-state index in [9.17, 15) is 4.21 Å². The predicted molar refractivity (Wildman–Crippen MR) is 84.6 cm³/mol. The van der Waals surface area contributed by atoms with E-state index in [-0.39, 0.29) is 4.75 Å². The standard InChI is InChI=1S/C16H34OS/c1-5-6-7-8-9-10-11-12-13-14-15-18(17)16(2,3)4/h5-15H2,1-4H3. The minimum Gasteiger partial charge on any atom is -0.259 e. The molecule has 0 aliphatic carbocycles. The molecule has 0 spiro atoms. The summed E-state index contributed by atoms with van der Waals surface area (Å²) >= 11 is 0. The molecular formula is C16H34OS. The van der Waals surface area contributed by atoms with Gasteiger partial charge in [-0.1, -0.05) is 64.7 Å². The van der Waals surface area contributed by atoms with E-state index in [1.165, 1.54) is 57.8 Å². The maximum atomic E-state index is 11.8. The summed E-state index contributed by atoms with van der Waals surface area (Å²) in [4.78, 5) is 0. The molecule has 0 aromatic carbocycles. The lowest BCUT2D eigenvalue weighted by Gasteiger charge is -2.17. The van der Waals surface area contributed by atoms with Crippen molar-refractivity contribution in [1.29, 1.82) is 0 Å². The second kappa shape index (κ2) is 11.0. The first kappa shape index (κ1) is 18.1. The third-order valence-corrected chi connectivity index (χ3v) is 5.39. The van der Waals surface area contributed by atoms with Gasteiger partial charge in [-0.2, -0.15) is 0 Å². The first-order valence-electron chi connectivity index (χ1n) is 7.87. The molecule has 0 N–H and O–H groups in total. The highest BCUT2D eigenvalue weighted by Crippen LogP contribution is 2.14. The lowest BCUT2D eigenvalue weighted by atomic mass is 10.1. The molecule has 0 heterocycles. The lowest BCUT2D eigenvalue weighted by Crippen LogP contribution is -2.23. The minimum absolute atomic E-state index is 0.0285. The van der Waals surface area contributed by atoms with Crippen LogP contribution in [0.3, 0.4) is 0 Å². The van der Waals surface area contributed by atoms with Crippen molar-refractivity contribution in [2.24, 2.45) is 0 Å². The van der Waals surface area contributed by atoms with E-state index in [1.54, 1.807) is 0 Å². The summed E-state index contributed by atoms with van der Waals surface area (Å²) in [7, 11) is -0.650. The van der Waals surface area contributed by atoms with Crippen molar-refractivity contribution < 1.29 is 4.21 Å². The quantitative estimate of drug-likeness (QED) is 0.458. The molecule has 0 saturated carbocycles. The van der Waals surface area contributed by atoms with E-state index in [4.69, 9.17) is 0 Å². The second-order valence-electron chi connectivity index (χ2n) is 6.34. The maximum absolute atomic E-state index is 11.8. The molecule has 1 nitrogen and oxygen atoms in total. The fraction of sp³-hybridized carbons (Fsp3) is 1.00. The van der Waals surface area contributed by atoms with Crippen LogP contribution in [0.15, 0.2) is 0 Å². The molecule has 0 fully saturated rings. The number of hydrogen-bond acceptors (Lipinski definition) is 1. The molecule has 0 aliphatic rings. The highest BCUT2D eigenvalue weighted by atomic mass is 32.2. The van der Waals surface area contributed by atoms with Gasteiger partial charge in [-0.05, 0) is 27.2 Å². The van der Waals surface area contributed by atoms with E-state index < -0.39 is 10.8 Å². The molecule has 1 unspecified atom stereocenters. The van der Waals surface area contributed by atoms with Crippen LogP contribution < -0.4 is 0 Å². The molecule has 0 amide bonds. The summed E-state index contributed by atoms with van der Waals surface area (Å²) in [6.07, 6.45) is 13.5. The van der Waals surface area contributed by atoms with Gasteiger partial charge in [0, 0.05) is 21.3 Å². The SMILES string of the molecule is CCCCCCCCCCCCS(=O)C(C)(C)C. The van der Waals surface area contributed by atoms with Crippen molar-refractivity contribution in [2.75, 3.05) is 5.75 Å². The molecule has 0 saturated heterocycles. The molecule has 0 aromatic heterocycles. The van der Waals surface area contributed by atoms with Crippen molar-refractivity contribution in [3.05, 3.63) is 0 Å². The Labute approximate surface area is 118 Å². The Morgan fingerprint density at radius 1 is 0.722 bits per heavy atom. The number of unbranched alkanes of at least 4 members (excludes halogenated alkanes) is 9. The molecule has 18 heavy (non-hydrogen) atoms. The summed E-state index contributed by atoms with van der Waals surface area (Å²) in [5, 5.41) is 0. The molecule has 1 atom stereocenters. The van der Waals surface area contributed by atoms with Crippen molar-refractivity contribution in [1.82, 2.24) is 0 Å². The fourth-order valence-corrected chi connectivity index (χ4v) is 3.11. The molecule has 0 aromatic rings. The molecular weight excluding hydrogens is 240 g/mol. The van der Waals surface area contributed by atoms with Crippen LogP contribution in [0.25, 0.3) is 0 Å². The lowest BCUT2D eigenvalue weighted by molar-refractivity contribution is 0.561. The van der Waals surface area contributed by atoms with Gasteiger partial charge >= 0.3 is 0 Å². The Kier molecular flexibility index (Phi) is 11.1. The highest BCUT2D eigenvalue weighted by molar-refractivity contribution is 7.86. The van der Waals surface area contributed by atoms with Gasteiger partial charge in [0.05, 0.1) is 0 Å². The van der Waals surface area contributed by atoms with Crippen LogP contribution in [0.5, 0.6) is 0 Å². The van der Waals surface area contributed by atoms with Crippen LogP contribution in [-0.2, 0) is 10.8 Å². The molecule has 2 heteroatoms.